The van der Waals surface area contributed by atoms with E-state index in [1.165, 1.54) is 35.6 Å². The Morgan fingerprint density at radius 3 is 2.31 bits per heavy atom. The summed E-state index contributed by atoms with van der Waals surface area (Å²) in [6, 6.07) is 25.7. The van der Waals surface area contributed by atoms with Gasteiger partial charge in [0, 0.05) is 11.3 Å². The highest BCUT2D eigenvalue weighted by molar-refractivity contribution is 7.18. The van der Waals surface area contributed by atoms with Gasteiger partial charge >= 0.3 is 6.61 Å². The zero-order valence-corrected chi connectivity index (χ0v) is 19.9. The lowest BCUT2D eigenvalue weighted by atomic mass is 10.0. The van der Waals surface area contributed by atoms with Gasteiger partial charge in [-0.1, -0.05) is 54.6 Å². The topological polar surface area (TPSA) is 79.9 Å². The number of benzene rings is 3. The van der Waals surface area contributed by atoms with Crippen molar-refractivity contribution in [2.45, 2.75) is 13.5 Å². The molecule has 5 rings (SSSR count). The number of thiazole rings is 1. The van der Waals surface area contributed by atoms with E-state index in [-0.39, 0.29) is 11.4 Å². The highest BCUT2D eigenvalue weighted by Gasteiger charge is 2.17. The van der Waals surface area contributed by atoms with E-state index in [1.54, 1.807) is 6.07 Å². The van der Waals surface area contributed by atoms with Crippen molar-refractivity contribution in [1.29, 1.82) is 0 Å². The number of hydrogen-bond acceptors (Lipinski definition) is 5. The zero-order chi connectivity index (χ0) is 25.1. The molecule has 2 heterocycles. The standard InChI is InChI=1S/C27H20F2N4O2S/c1-16-24(36-26(30-16)19-9-7-18(8-10-19)17-5-3-2-4-6-17)22-15-23(33-32-22)25(34)31-20-11-13-21(14-12-20)35-27(28)29/h2-15,27H,1H3,(H,31,34)(H,32,33). The average molecular weight is 503 g/mol. The van der Waals surface area contributed by atoms with Crippen molar-refractivity contribution in [2.75, 3.05) is 5.32 Å². The third kappa shape index (κ3) is 5.16. The van der Waals surface area contributed by atoms with Crippen LogP contribution in [0.15, 0.2) is 84.9 Å². The number of hydrogen-bond donors (Lipinski definition) is 2. The van der Waals surface area contributed by atoms with Crippen LogP contribution < -0.4 is 10.1 Å². The number of aromatic nitrogens is 3. The molecule has 0 spiro atoms. The first-order valence-corrected chi connectivity index (χ1v) is 11.8. The molecular weight excluding hydrogens is 482 g/mol. The predicted octanol–water partition coefficient (Wildman–Crippen LogP) is 7.03. The van der Waals surface area contributed by atoms with E-state index in [0.717, 1.165) is 32.3 Å². The van der Waals surface area contributed by atoms with Crippen LogP contribution in [-0.4, -0.2) is 27.7 Å². The van der Waals surface area contributed by atoms with E-state index >= 15 is 0 Å². The normalized spacial score (nSPS) is 11.0. The minimum atomic E-state index is -2.91. The highest BCUT2D eigenvalue weighted by Crippen LogP contribution is 2.35. The Labute approximate surface area is 209 Å². The van der Waals surface area contributed by atoms with Crippen LogP contribution in [0, 0.1) is 6.92 Å². The number of aromatic amines is 1. The van der Waals surface area contributed by atoms with Crippen LogP contribution in [0.3, 0.4) is 0 Å². The number of carbonyl (C=O) groups is 1. The highest BCUT2D eigenvalue weighted by atomic mass is 32.1. The first-order valence-electron chi connectivity index (χ1n) is 11.0. The van der Waals surface area contributed by atoms with Crippen molar-refractivity contribution in [3.05, 3.63) is 96.3 Å². The molecule has 9 heteroatoms. The van der Waals surface area contributed by atoms with Crippen molar-refractivity contribution in [3.63, 3.8) is 0 Å². The van der Waals surface area contributed by atoms with Crippen LogP contribution in [0.2, 0.25) is 0 Å². The van der Waals surface area contributed by atoms with E-state index in [9.17, 15) is 13.6 Å². The quantitative estimate of drug-likeness (QED) is 0.250. The summed E-state index contributed by atoms with van der Waals surface area (Å²) in [5.74, 6) is -0.421. The predicted molar refractivity (Wildman–Crippen MR) is 136 cm³/mol. The van der Waals surface area contributed by atoms with Gasteiger partial charge in [0.2, 0.25) is 0 Å². The van der Waals surface area contributed by atoms with Crippen molar-refractivity contribution in [1.82, 2.24) is 15.2 Å². The summed E-state index contributed by atoms with van der Waals surface area (Å²) in [7, 11) is 0. The Kier molecular flexibility index (Phi) is 6.55. The lowest BCUT2D eigenvalue weighted by molar-refractivity contribution is -0.0498. The van der Waals surface area contributed by atoms with Crippen LogP contribution in [0.1, 0.15) is 16.2 Å². The molecule has 0 saturated carbocycles. The average Bonchev–Trinajstić information content (AvgIpc) is 3.53. The molecule has 5 aromatic rings. The molecule has 0 unspecified atom stereocenters. The third-order valence-corrected chi connectivity index (χ3v) is 6.67. The molecule has 0 bridgehead atoms. The smallest absolute Gasteiger partial charge is 0.387 e. The van der Waals surface area contributed by atoms with Crippen LogP contribution in [-0.2, 0) is 0 Å². The van der Waals surface area contributed by atoms with Gasteiger partial charge < -0.3 is 10.1 Å². The number of anilines is 1. The Morgan fingerprint density at radius 1 is 0.944 bits per heavy atom. The van der Waals surface area contributed by atoms with Gasteiger partial charge in [0.05, 0.1) is 16.3 Å². The maximum Gasteiger partial charge on any atom is 0.387 e. The van der Waals surface area contributed by atoms with Crippen molar-refractivity contribution < 1.29 is 18.3 Å². The number of halogens is 2. The molecule has 0 aliphatic carbocycles. The number of nitrogens with zero attached hydrogens (tertiary/aromatic N) is 2. The fraction of sp³-hybridized carbons (Fsp3) is 0.0741. The fourth-order valence-electron chi connectivity index (χ4n) is 3.67. The van der Waals surface area contributed by atoms with Gasteiger partial charge in [-0.15, -0.1) is 11.3 Å². The van der Waals surface area contributed by atoms with Crippen molar-refractivity contribution >= 4 is 22.9 Å². The van der Waals surface area contributed by atoms with Gasteiger partial charge in [-0.3, -0.25) is 9.89 Å². The van der Waals surface area contributed by atoms with Gasteiger partial charge in [0.1, 0.15) is 10.8 Å². The van der Waals surface area contributed by atoms with Gasteiger partial charge in [-0.25, -0.2) is 4.98 Å². The SMILES string of the molecule is Cc1nc(-c2ccc(-c3ccccc3)cc2)sc1-c1cc(C(=O)Nc2ccc(OC(F)F)cc2)n[nH]1. The molecule has 3 aromatic carbocycles. The number of rotatable bonds is 7. The number of H-pyrrole nitrogens is 1. The first kappa shape index (κ1) is 23.4. The number of alkyl halides is 2. The molecule has 0 radical (unpaired) electrons. The molecule has 180 valence electrons. The number of ether oxygens (including phenoxy) is 1. The summed E-state index contributed by atoms with van der Waals surface area (Å²) < 4.78 is 28.9. The van der Waals surface area contributed by atoms with Crippen LogP contribution in [0.4, 0.5) is 14.5 Å². The Bertz CT molecular complexity index is 1480. The second-order valence-corrected chi connectivity index (χ2v) is 8.90. The minimum absolute atomic E-state index is 0.0104. The molecule has 6 nitrogen and oxygen atoms in total. The lowest BCUT2D eigenvalue weighted by Crippen LogP contribution is -2.12. The summed E-state index contributed by atoms with van der Waals surface area (Å²) in [4.78, 5) is 18.2. The molecule has 36 heavy (non-hydrogen) atoms. The van der Waals surface area contributed by atoms with Gasteiger partial charge in [0.25, 0.3) is 5.91 Å². The molecule has 0 aliphatic rings. The number of aryl methyl sites for hydroxylation is 1. The summed E-state index contributed by atoms with van der Waals surface area (Å²) in [6.45, 7) is -0.991. The number of nitrogens with one attached hydrogen (secondary N) is 2. The second kappa shape index (κ2) is 10.1. The monoisotopic (exact) mass is 502 g/mol. The summed E-state index contributed by atoms with van der Waals surface area (Å²) in [5.41, 5.74) is 5.43. The Balaban J connectivity index is 1.30. The number of carbonyl (C=O) groups excluding carboxylic acids is 1. The first-order chi connectivity index (χ1) is 17.5. The largest absolute Gasteiger partial charge is 0.435 e. The Morgan fingerprint density at radius 2 is 1.61 bits per heavy atom. The van der Waals surface area contributed by atoms with Gasteiger partial charge in [-0.05, 0) is 48.4 Å². The molecule has 2 aromatic heterocycles. The molecule has 0 fully saturated rings. The summed E-state index contributed by atoms with van der Waals surface area (Å²) >= 11 is 1.51. The van der Waals surface area contributed by atoms with Crippen LogP contribution >= 0.6 is 11.3 Å². The lowest BCUT2D eigenvalue weighted by Gasteiger charge is -2.06. The molecular formula is C27H20F2N4O2S. The Hall–Kier alpha value is -4.37. The van der Waals surface area contributed by atoms with Gasteiger partial charge in [-0.2, -0.15) is 13.9 Å². The molecule has 0 saturated heterocycles. The zero-order valence-electron chi connectivity index (χ0n) is 19.0. The maximum atomic E-state index is 12.6. The second-order valence-electron chi connectivity index (χ2n) is 7.90. The fourth-order valence-corrected chi connectivity index (χ4v) is 4.71. The van der Waals surface area contributed by atoms with E-state index < -0.39 is 12.5 Å². The molecule has 0 aliphatic heterocycles. The molecule has 1 amide bonds. The number of amides is 1. The minimum Gasteiger partial charge on any atom is -0.435 e. The molecule has 2 N–H and O–H groups in total. The summed E-state index contributed by atoms with van der Waals surface area (Å²) in [5, 5.41) is 10.6. The van der Waals surface area contributed by atoms with E-state index in [2.05, 4.69) is 44.5 Å². The van der Waals surface area contributed by atoms with Crippen LogP contribution in [0.25, 0.3) is 32.3 Å². The third-order valence-electron chi connectivity index (χ3n) is 5.43. The van der Waals surface area contributed by atoms with Crippen LogP contribution in [0.5, 0.6) is 5.75 Å². The van der Waals surface area contributed by atoms with Crippen molar-refractivity contribution in [2.24, 2.45) is 0 Å². The van der Waals surface area contributed by atoms with E-state index in [0.29, 0.717) is 11.4 Å². The van der Waals surface area contributed by atoms with E-state index in [1.807, 2.05) is 37.3 Å². The van der Waals surface area contributed by atoms with E-state index in [4.69, 9.17) is 4.98 Å². The maximum absolute atomic E-state index is 12.6. The molecule has 0 atom stereocenters. The summed E-state index contributed by atoms with van der Waals surface area (Å²) in [6.07, 6.45) is 0. The van der Waals surface area contributed by atoms with Crippen molar-refractivity contribution in [3.8, 4) is 38.0 Å². The van der Waals surface area contributed by atoms with Gasteiger partial charge in [0.15, 0.2) is 5.69 Å².